The first-order valence-electron chi connectivity index (χ1n) is 11.0. The molecule has 0 saturated carbocycles. The molecule has 2 heterocycles. The molecule has 2 amide bonds. The van der Waals surface area contributed by atoms with Gasteiger partial charge in [0, 0.05) is 37.2 Å². The van der Waals surface area contributed by atoms with E-state index in [0.29, 0.717) is 30.0 Å². The number of nitrogens with one attached hydrogen (secondary N) is 2. The lowest BCUT2D eigenvalue weighted by atomic mass is 9.94. The van der Waals surface area contributed by atoms with Crippen molar-refractivity contribution in [3.63, 3.8) is 0 Å². The molecule has 1 atom stereocenters. The number of aromatic nitrogens is 2. The van der Waals surface area contributed by atoms with E-state index in [-0.39, 0.29) is 5.91 Å². The Labute approximate surface area is 177 Å². The topological polar surface area (TPSA) is 104 Å². The predicted molar refractivity (Wildman–Crippen MR) is 118 cm³/mol. The molecule has 1 aliphatic carbocycles. The van der Waals surface area contributed by atoms with Crippen molar-refractivity contribution in [2.75, 3.05) is 23.3 Å². The molecule has 0 radical (unpaired) electrons. The minimum absolute atomic E-state index is 0.0736. The zero-order valence-electron chi connectivity index (χ0n) is 17.7. The van der Waals surface area contributed by atoms with Gasteiger partial charge in [0.2, 0.25) is 11.8 Å². The van der Waals surface area contributed by atoms with Crippen LogP contribution in [0.4, 0.5) is 11.4 Å². The van der Waals surface area contributed by atoms with Gasteiger partial charge < -0.3 is 16.0 Å². The highest BCUT2D eigenvalue weighted by molar-refractivity contribution is 5.99. The van der Waals surface area contributed by atoms with Crippen LogP contribution in [0, 0.1) is 5.92 Å². The third-order valence-electron chi connectivity index (χ3n) is 6.28. The van der Waals surface area contributed by atoms with E-state index in [4.69, 9.17) is 5.73 Å². The number of benzene rings is 1. The second-order valence-corrected chi connectivity index (χ2v) is 8.67. The molecule has 1 aromatic heterocycles. The quantitative estimate of drug-likeness (QED) is 0.681. The second-order valence-electron chi connectivity index (χ2n) is 8.67. The summed E-state index contributed by atoms with van der Waals surface area (Å²) in [7, 11) is 0. The fraction of sp³-hybridized carbons (Fsp3) is 0.522. The monoisotopic (exact) mass is 409 g/mol. The summed E-state index contributed by atoms with van der Waals surface area (Å²) in [6, 6.07) is 5.34. The second kappa shape index (κ2) is 8.90. The Bertz CT molecular complexity index is 936. The maximum Gasteiger partial charge on any atom is 0.248 e. The van der Waals surface area contributed by atoms with Gasteiger partial charge in [-0.15, -0.1) is 0 Å². The molecule has 0 bridgehead atoms. The maximum atomic E-state index is 12.8. The van der Waals surface area contributed by atoms with Crippen LogP contribution in [0.1, 0.15) is 66.3 Å². The number of anilines is 2. The smallest absolute Gasteiger partial charge is 0.248 e. The highest BCUT2D eigenvalue weighted by atomic mass is 16.2. The molecule has 160 valence electrons. The molecule has 2 aromatic rings. The molecular formula is C23H31N5O2. The van der Waals surface area contributed by atoms with E-state index in [2.05, 4.69) is 27.3 Å². The molecule has 0 spiro atoms. The predicted octanol–water partition coefficient (Wildman–Crippen LogP) is 3.20. The number of hydrogen-bond acceptors (Lipinski definition) is 4. The Hall–Kier alpha value is -2.83. The number of carbonyl (C=O) groups is 2. The standard InChI is InChI=1S/C23H31N5O2/c1-15-5-4-12-28(14-15)21-10-8-16(23(24)30)13-20(21)25-22(29)11-9-19-17-6-2-3-7-18(17)26-27-19/h8,10,13,15H,2-7,9,11-12,14H2,1H3,(H2,24,30)(H,25,29)(H,26,27). The lowest BCUT2D eigenvalue weighted by Gasteiger charge is -2.34. The first kappa shape index (κ1) is 20.4. The Morgan fingerprint density at radius 2 is 2.10 bits per heavy atom. The van der Waals surface area contributed by atoms with Crippen molar-refractivity contribution in [3.05, 3.63) is 40.7 Å². The minimum Gasteiger partial charge on any atom is -0.370 e. The Morgan fingerprint density at radius 3 is 2.90 bits per heavy atom. The third kappa shape index (κ3) is 4.50. The molecule has 1 aromatic carbocycles. The molecular weight excluding hydrogens is 378 g/mol. The van der Waals surface area contributed by atoms with Crippen molar-refractivity contribution in [1.82, 2.24) is 10.2 Å². The number of amides is 2. The van der Waals surface area contributed by atoms with Gasteiger partial charge in [0.05, 0.1) is 17.1 Å². The van der Waals surface area contributed by atoms with Gasteiger partial charge in [-0.2, -0.15) is 5.10 Å². The number of H-pyrrole nitrogens is 1. The first-order chi connectivity index (χ1) is 14.5. The highest BCUT2D eigenvalue weighted by Crippen LogP contribution is 2.31. The third-order valence-corrected chi connectivity index (χ3v) is 6.28. The van der Waals surface area contributed by atoms with Crippen molar-refractivity contribution in [2.45, 2.75) is 58.3 Å². The van der Waals surface area contributed by atoms with Crippen LogP contribution in [0.25, 0.3) is 0 Å². The molecule has 1 unspecified atom stereocenters. The molecule has 7 heteroatoms. The zero-order chi connectivity index (χ0) is 21.1. The molecule has 30 heavy (non-hydrogen) atoms. The molecule has 2 aliphatic rings. The van der Waals surface area contributed by atoms with E-state index in [1.165, 1.54) is 30.5 Å². The summed E-state index contributed by atoms with van der Waals surface area (Å²) in [4.78, 5) is 26.7. The van der Waals surface area contributed by atoms with Gasteiger partial charge in [0.25, 0.3) is 0 Å². The van der Waals surface area contributed by atoms with Crippen LogP contribution in [-0.4, -0.2) is 35.1 Å². The molecule has 1 aliphatic heterocycles. The first-order valence-corrected chi connectivity index (χ1v) is 11.0. The number of rotatable bonds is 6. The Kier molecular flexibility index (Phi) is 6.06. The van der Waals surface area contributed by atoms with Crippen LogP contribution < -0.4 is 16.0 Å². The van der Waals surface area contributed by atoms with Crippen LogP contribution in [0.5, 0.6) is 0 Å². The van der Waals surface area contributed by atoms with Crippen LogP contribution in [0.15, 0.2) is 18.2 Å². The number of piperidine rings is 1. The normalized spacial score (nSPS) is 18.7. The van der Waals surface area contributed by atoms with E-state index in [0.717, 1.165) is 43.7 Å². The van der Waals surface area contributed by atoms with E-state index < -0.39 is 5.91 Å². The van der Waals surface area contributed by atoms with Gasteiger partial charge in [-0.3, -0.25) is 14.7 Å². The van der Waals surface area contributed by atoms with Crippen molar-refractivity contribution in [2.24, 2.45) is 11.7 Å². The summed E-state index contributed by atoms with van der Waals surface area (Å²) in [6.07, 6.45) is 7.78. The van der Waals surface area contributed by atoms with Crippen molar-refractivity contribution in [3.8, 4) is 0 Å². The lowest BCUT2D eigenvalue weighted by molar-refractivity contribution is -0.116. The molecule has 7 nitrogen and oxygen atoms in total. The summed E-state index contributed by atoms with van der Waals surface area (Å²) in [5, 5.41) is 10.6. The Balaban J connectivity index is 1.48. The van der Waals surface area contributed by atoms with Crippen LogP contribution >= 0.6 is 0 Å². The number of aromatic amines is 1. The van der Waals surface area contributed by atoms with E-state index in [9.17, 15) is 9.59 Å². The molecule has 1 saturated heterocycles. The van der Waals surface area contributed by atoms with Gasteiger partial charge in [0.1, 0.15) is 0 Å². The van der Waals surface area contributed by atoms with Gasteiger partial charge >= 0.3 is 0 Å². The van der Waals surface area contributed by atoms with Crippen LogP contribution in [0.3, 0.4) is 0 Å². The van der Waals surface area contributed by atoms with E-state index in [1.807, 2.05) is 6.07 Å². The summed E-state index contributed by atoms with van der Waals surface area (Å²) < 4.78 is 0. The maximum absolute atomic E-state index is 12.8. The number of fused-ring (bicyclic) bond motifs is 1. The van der Waals surface area contributed by atoms with Crippen LogP contribution in [0.2, 0.25) is 0 Å². The summed E-state index contributed by atoms with van der Waals surface area (Å²) in [5.74, 6) is 0.0339. The SMILES string of the molecule is CC1CCCN(c2ccc(C(N)=O)cc2NC(=O)CCc2n[nH]c3c2CCCC3)C1. The van der Waals surface area contributed by atoms with Crippen molar-refractivity contribution in [1.29, 1.82) is 0 Å². The Morgan fingerprint density at radius 1 is 1.27 bits per heavy atom. The average molecular weight is 410 g/mol. The van der Waals surface area contributed by atoms with Gasteiger partial charge in [0.15, 0.2) is 0 Å². The van der Waals surface area contributed by atoms with Gasteiger partial charge in [-0.25, -0.2) is 0 Å². The van der Waals surface area contributed by atoms with Crippen LogP contribution in [-0.2, 0) is 24.1 Å². The zero-order valence-corrected chi connectivity index (χ0v) is 17.7. The fourth-order valence-corrected chi connectivity index (χ4v) is 4.67. The summed E-state index contributed by atoms with van der Waals surface area (Å²) in [5.41, 5.74) is 11.0. The van der Waals surface area contributed by atoms with Crippen molar-refractivity contribution < 1.29 is 9.59 Å². The lowest BCUT2D eigenvalue weighted by Crippen LogP contribution is -2.35. The van der Waals surface area contributed by atoms with E-state index >= 15 is 0 Å². The molecule has 1 fully saturated rings. The average Bonchev–Trinajstić information content (AvgIpc) is 3.15. The number of carbonyl (C=O) groups excluding carboxylic acids is 2. The number of nitrogens with zero attached hydrogens (tertiary/aromatic N) is 2. The largest absolute Gasteiger partial charge is 0.370 e. The number of primary amides is 1. The van der Waals surface area contributed by atoms with Gasteiger partial charge in [-0.1, -0.05) is 6.92 Å². The van der Waals surface area contributed by atoms with E-state index in [1.54, 1.807) is 12.1 Å². The number of nitrogens with two attached hydrogens (primary N) is 1. The number of hydrogen-bond donors (Lipinski definition) is 3. The minimum atomic E-state index is -0.493. The molecule has 4 N–H and O–H groups in total. The molecule has 4 rings (SSSR count). The summed E-state index contributed by atoms with van der Waals surface area (Å²) in [6.45, 7) is 4.13. The number of aryl methyl sites for hydroxylation is 2. The van der Waals surface area contributed by atoms with Gasteiger partial charge in [-0.05, 0) is 68.2 Å². The summed E-state index contributed by atoms with van der Waals surface area (Å²) >= 11 is 0. The highest BCUT2D eigenvalue weighted by Gasteiger charge is 2.21. The fourth-order valence-electron chi connectivity index (χ4n) is 4.67. The van der Waals surface area contributed by atoms with Crippen molar-refractivity contribution >= 4 is 23.2 Å².